The van der Waals surface area contributed by atoms with Gasteiger partial charge in [0, 0.05) is 11.8 Å². The van der Waals surface area contributed by atoms with Crippen molar-refractivity contribution in [2.75, 3.05) is 14.2 Å². The van der Waals surface area contributed by atoms with Crippen molar-refractivity contribution in [2.24, 2.45) is 5.73 Å². The molecule has 2 N–H and O–H groups in total. The summed E-state index contributed by atoms with van der Waals surface area (Å²) in [5, 5.41) is 0.528. The lowest BCUT2D eigenvalue weighted by Gasteiger charge is -2.17. The Balaban J connectivity index is 2.48. The summed E-state index contributed by atoms with van der Waals surface area (Å²) in [7, 11) is 3.20. The highest BCUT2D eigenvalue weighted by Gasteiger charge is 2.18. The Kier molecular flexibility index (Phi) is 4.24. The molecule has 2 rings (SSSR count). The maximum absolute atomic E-state index is 6.23. The summed E-state index contributed by atoms with van der Waals surface area (Å²) in [6, 6.07) is 8.51. The van der Waals surface area contributed by atoms with E-state index in [4.69, 9.17) is 26.8 Å². The van der Waals surface area contributed by atoms with E-state index in [1.54, 1.807) is 32.5 Å². The van der Waals surface area contributed by atoms with Gasteiger partial charge < -0.3 is 15.2 Å². The van der Waals surface area contributed by atoms with Crippen LogP contribution >= 0.6 is 11.6 Å². The number of ether oxygens (including phenoxy) is 2. The van der Waals surface area contributed by atoms with Crippen LogP contribution in [0, 0.1) is 0 Å². The Labute approximate surface area is 117 Å². The quantitative estimate of drug-likeness (QED) is 0.934. The minimum Gasteiger partial charge on any atom is -0.497 e. The predicted octanol–water partition coefficient (Wildman–Crippen LogP) is 2.80. The SMILES string of the molecule is COc1ccc(OC)c(C(N)c2ncccc2Cl)c1. The first-order valence-electron chi connectivity index (χ1n) is 5.75. The Morgan fingerprint density at radius 3 is 2.63 bits per heavy atom. The molecule has 0 amide bonds. The van der Waals surface area contributed by atoms with E-state index in [0.29, 0.717) is 22.2 Å². The van der Waals surface area contributed by atoms with Crippen molar-refractivity contribution >= 4 is 11.6 Å². The largest absolute Gasteiger partial charge is 0.497 e. The maximum Gasteiger partial charge on any atom is 0.124 e. The smallest absolute Gasteiger partial charge is 0.124 e. The van der Waals surface area contributed by atoms with Crippen LogP contribution in [0.1, 0.15) is 17.3 Å². The molecule has 19 heavy (non-hydrogen) atoms. The van der Waals surface area contributed by atoms with Gasteiger partial charge in [-0.2, -0.15) is 0 Å². The molecule has 0 saturated heterocycles. The average Bonchev–Trinajstić information content (AvgIpc) is 2.46. The van der Waals surface area contributed by atoms with Crippen LogP contribution in [-0.2, 0) is 0 Å². The number of rotatable bonds is 4. The van der Waals surface area contributed by atoms with Crippen LogP contribution in [0.2, 0.25) is 5.02 Å². The topological polar surface area (TPSA) is 57.4 Å². The molecular weight excluding hydrogens is 264 g/mol. The van der Waals surface area contributed by atoms with Crippen molar-refractivity contribution < 1.29 is 9.47 Å². The lowest BCUT2D eigenvalue weighted by molar-refractivity contribution is 0.397. The zero-order valence-corrected chi connectivity index (χ0v) is 11.5. The molecule has 0 aliphatic rings. The fourth-order valence-corrected chi connectivity index (χ4v) is 2.10. The van der Waals surface area contributed by atoms with Crippen LogP contribution in [0.25, 0.3) is 0 Å². The number of hydrogen-bond acceptors (Lipinski definition) is 4. The van der Waals surface area contributed by atoms with Crippen LogP contribution in [0.3, 0.4) is 0 Å². The standard InChI is InChI=1S/C14H15ClN2O2/c1-18-9-5-6-12(19-2)10(8-9)13(16)14-11(15)4-3-7-17-14/h3-8,13H,16H2,1-2H3. The Morgan fingerprint density at radius 2 is 2.00 bits per heavy atom. The van der Waals surface area contributed by atoms with Gasteiger partial charge in [-0.25, -0.2) is 0 Å². The van der Waals surface area contributed by atoms with Crippen LogP contribution < -0.4 is 15.2 Å². The van der Waals surface area contributed by atoms with E-state index in [1.807, 2.05) is 18.2 Å². The third-order valence-electron chi connectivity index (χ3n) is 2.85. The summed E-state index contributed by atoms with van der Waals surface area (Å²) in [5.74, 6) is 1.38. The number of methoxy groups -OCH3 is 2. The molecule has 0 fully saturated rings. The first-order valence-corrected chi connectivity index (χ1v) is 6.13. The van der Waals surface area contributed by atoms with Gasteiger partial charge in [0.05, 0.1) is 31.0 Å². The van der Waals surface area contributed by atoms with Gasteiger partial charge in [-0.3, -0.25) is 4.98 Å². The number of nitrogens with two attached hydrogens (primary N) is 1. The number of benzene rings is 1. The first kappa shape index (κ1) is 13.6. The maximum atomic E-state index is 6.23. The summed E-state index contributed by atoms with van der Waals surface area (Å²) in [6.07, 6.45) is 1.66. The molecule has 1 atom stereocenters. The van der Waals surface area contributed by atoms with Crippen molar-refractivity contribution in [3.05, 3.63) is 52.8 Å². The molecule has 0 radical (unpaired) electrons. The highest BCUT2D eigenvalue weighted by molar-refractivity contribution is 6.31. The minimum atomic E-state index is -0.473. The molecule has 1 unspecified atom stereocenters. The predicted molar refractivity (Wildman–Crippen MR) is 74.8 cm³/mol. The van der Waals surface area contributed by atoms with Crippen LogP contribution in [0.4, 0.5) is 0 Å². The van der Waals surface area contributed by atoms with Crippen molar-refractivity contribution in [3.8, 4) is 11.5 Å². The summed E-state index contributed by atoms with van der Waals surface area (Å²) >= 11 is 6.12. The molecule has 1 aromatic heterocycles. The van der Waals surface area contributed by atoms with E-state index in [2.05, 4.69) is 4.98 Å². The fraction of sp³-hybridized carbons (Fsp3) is 0.214. The Hall–Kier alpha value is -1.78. The monoisotopic (exact) mass is 278 g/mol. The molecule has 0 saturated carbocycles. The Bertz CT molecular complexity index is 575. The number of aromatic nitrogens is 1. The molecule has 100 valence electrons. The average molecular weight is 279 g/mol. The number of pyridine rings is 1. The molecule has 0 bridgehead atoms. The molecule has 5 heteroatoms. The molecule has 1 aromatic carbocycles. The van der Waals surface area contributed by atoms with E-state index in [1.165, 1.54) is 0 Å². The van der Waals surface area contributed by atoms with E-state index in [9.17, 15) is 0 Å². The van der Waals surface area contributed by atoms with Gasteiger partial charge in [-0.1, -0.05) is 11.6 Å². The fourth-order valence-electron chi connectivity index (χ4n) is 1.86. The van der Waals surface area contributed by atoms with Gasteiger partial charge in [0.2, 0.25) is 0 Å². The highest BCUT2D eigenvalue weighted by atomic mass is 35.5. The molecular formula is C14H15ClN2O2. The normalized spacial score (nSPS) is 12.0. The lowest BCUT2D eigenvalue weighted by Crippen LogP contribution is -2.15. The summed E-state index contributed by atoms with van der Waals surface area (Å²) < 4.78 is 10.5. The lowest BCUT2D eigenvalue weighted by atomic mass is 10.0. The van der Waals surface area contributed by atoms with Crippen molar-refractivity contribution in [2.45, 2.75) is 6.04 Å². The second-order valence-electron chi connectivity index (χ2n) is 3.96. The number of nitrogens with zero attached hydrogens (tertiary/aromatic N) is 1. The third kappa shape index (κ3) is 2.80. The van der Waals surface area contributed by atoms with Crippen LogP contribution in [-0.4, -0.2) is 19.2 Å². The third-order valence-corrected chi connectivity index (χ3v) is 3.17. The first-order chi connectivity index (χ1) is 9.17. The second kappa shape index (κ2) is 5.91. The number of halogens is 1. The van der Waals surface area contributed by atoms with E-state index in [-0.39, 0.29) is 0 Å². The molecule has 0 spiro atoms. The Morgan fingerprint density at radius 1 is 1.21 bits per heavy atom. The molecule has 0 aliphatic heterocycles. The van der Waals surface area contributed by atoms with E-state index >= 15 is 0 Å². The van der Waals surface area contributed by atoms with E-state index < -0.39 is 6.04 Å². The second-order valence-corrected chi connectivity index (χ2v) is 4.36. The number of hydrogen-bond donors (Lipinski definition) is 1. The minimum absolute atomic E-state index is 0.473. The van der Waals surface area contributed by atoms with Crippen LogP contribution in [0.15, 0.2) is 36.5 Å². The van der Waals surface area contributed by atoms with Gasteiger partial charge in [0.25, 0.3) is 0 Å². The summed E-state index contributed by atoms with van der Waals surface area (Å²) in [5.41, 5.74) is 7.62. The molecule has 4 nitrogen and oxygen atoms in total. The van der Waals surface area contributed by atoms with Gasteiger partial charge in [0.1, 0.15) is 11.5 Å². The van der Waals surface area contributed by atoms with E-state index in [0.717, 1.165) is 5.56 Å². The molecule has 1 heterocycles. The van der Waals surface area contributed by atoms with Gasteiger partial charge in [-0.05, 0) is 30.3 Å². The van der Waals surface area contributed by atoms with Crippen LogP contribution in [0.5, 0.6) is 11.5 Å². The zero-order chi connectivity index (χ0) is 13.8. The van der Waals surface area contributed by atoms with Crippen molar-refractivity contribution in [1.29, 1.82) is 0 Å². The highest BCUT2D eigenvalue weighted by Crippen LogP contribution is 2.33. The van der Waals surface area contributed by atoms with Crippen molar-refractivity contribution in [1.82, 2.24) is 4.98 Å². The van der Waals surface area contributed by atoms with Gasteiger partial charge in [-0.15, -0.1) is 0 Å². The van der Waals surface area contributed by atoms with Gasteiger partial charge in [0.15, 0.2) is 0 Å². The van der Waals surface area contributed by atoms with Gasteiger partial charge >= 0.3 is 0 Å². The zero-order valence-electron chi connectivity index (χ0n) is 10.8. The summed E-state index contributed by atoms with van der Waals surface area (Å²) in [6.45, 7) is 0. The van der Waals surface area contributed by atoms with Crippen molar-refractivity contribution in [3.63, 3.8) is 0 Å². The molecule has 2 aromatic rings. The molecule has 0 aliphatic carbocycles. The summed E-state index contributed by atoms with van der Waals surface area (Å²) in [4.78, 5) is 4.23.